The maximum Gasteiger partial charge on any atom is 0.130 e. The fourth-order valence-electron chi connectivity index (χ4n) is 1.54. The van der Waals surface area contributed by atoms with Gasteiger partial charge in [0, 0.05) is 0 Å². The smallest absolute Gasteiger partial charge is 0.130 e. The van der Waals surface area contributed by atoms with E-state index in [4.69, 9.17) is 28.9 Å². The zero-order chi connectivity index (χ0) is 13.3. The highest BCUT2D eigenvalue weighted by molar-refractivity contribution is 6.39. The van der Waals surface area contributed by atoms with Crippen LogP contribution in [0.25, 0.3) is 0 Å². The second-order valence-electron chi connectivity index (χ2n) is 4.05. The first-order valence-electron chi connectivity index (χ1n) is 5.44. The van der Waals surface area contributed by atoms with Crippen molar-refractivity contribution in [3.63, 3.8) is 0 Å². The molecule has 0 saturated carbocycles. The number of nitrogens with one attached hydrogen (secondary N) is 1. The molecule has 3 nitrogen and oxygen atoms in total. The summed E-state index contributed by atoms with van der Waals surface area (Å²) in [4.78, 5) is 4.33. The van der Waals surface area contributed by atoms with Gasteiger partial charge in [0.1, 0.15) is 5.82 Å². The van der Waals surface area contributed by atoms with Crippen LogP contribution < -0.4 is 11.1 Å². The highest BCUT2D eigenvalue weighted by Crippen LogP contribution is 2.34. The van der Waals surface area contributed by atoms with Gasteiger partial charge in [0.2, 0.25) is 0 Å². The molecule has 0 fully saturated rings. The molecule has 2 aromatic rings. The van der Waals surface area contributed by atoms with E-state index in [1.807, 2.05) is 19.9 Å². The summed E-state index contributed by atoms with van der Waals surface area (Å²) in [6.07, 6.45) is 0. The summed E-state index contributed by atoms with van der Waals surface area (Å²) >= 11 is 12.3. The van der Waals surface area contributed by atoms with Crippen LogP contribution in [0.1, 0.15) is 11.3 Å². The average molecular weight is 282 g/mol. The Hall–Kier alpha value is -1.45. The highest BCUT2D eigenvalue weighted by atomic mass is 35.5. The summed E-state index contributed by atoms with van der Waals surface area (Å²) in [5.74, 6) is 0.663. The highest BCUT2D eigenvalue weighted by Gasteiger charge is 2.09. The molecule has 0 aliphatic heterocycles. The lowest BCUT2D eigenvalue weighted by atomic mass is 10.2. The number of rotatable bonds is 2. The van der Waals surface area contributed by atoms with Gasteiger partial charge in [-0.3, -0.25) is 0 Å². The van der Waals surface area contributed by atoms with E-state index in [0.717, 1.165) is 11.3 Å². The lowest BCUT2D eigenvalue weighted by molar-refractivity contribution is 1.20. The predicted octanol–water partition coefficient (Wildman–Crippen LogP) is 4.33. The van der Waals surface area contributed by atoms with Crippen molar-refractivity contribution < 1.29 is 0 Å². The van der Waals surface area contributed by atoms with Crippen molar-refractivity contribution in [2.24, 2.45) is 0 Å². The molecular formula is C13H13Cl2N3. The molecule has 0 aliphatic carbocycles. The fraction of sp³-hybridized carbons (Fsp3) is 0.154. The molecule has 0 saturated heterocycles. The maximum atomic E-state index is 6.22. The molecule has 0 bridgehead atoms. The largest absolute Gasteiger partial charge is 0.397 e. The van der Waals surface area contributed by atoms with Crippen LogP contribution in [0, 0.1) is 13.8 Å². The van der Waals surface area contributed by atoms with Gasteiger partial charge in [0.15, 0.2) is 0 Å². The van der Waals surface area contributed by atoms with Crippen molar-refractivity contribution >= 4 is 40.4 Å². The zero-order valence-electron chi connectivity index (χ0n) is 10.1. The molecule has 0 amide bonds. The van der Waals surface area contributed by atoms with E-state index in [1.165, 1.54) is 0 Å². The minimum Gasteiger partial charge on any atom is -0.397 e. The van der Waals surface area contributed by atoms with E-state index in [9.17, 15) is 0 Å². The number of nitrogen functional groups attached to an aromatic ring is 1. The number of nitrogens with two attached hydrogens (primary N) is 1. The molecule has 18 heavy (non-hydrogen) atoms. The van der Waals surface area contributed by atoms with E-state index in [1.54, 1.807) is 18.2 Å². The van der Waals surface area contributed by atoms with Crippen molar-refractivity contribution in [1.82, 2.24) is 4.98 Å². The molecule has 0 spiro atoms. The Morgan fingerprint density at radius 2 is 1.83 bits per heavy atom. The number of aromatic nitrogens is 1. The van der Waals surface area contributed by atoms with Crippen LogP contribution in [0.5, 0.6) is 0 Å². The standard InChI is InChI=1S/C13H13Cl2N3/c1-7-3-4-9(14)13(12(7)15)18-11-6-5-10(16)8(2)17-11/h3-6H,16H2,1-2H3,(H,17,18). The van der Waals surface area contributed by atoms with Crippen LogP contribution in [0.4, 0.5) is 17.2 Å². The van der Waals surface area contributed by atoms with E-state index >= 15 is 0 Å². The molecule has 1 heterocycles. The summed E-state index contributed by atoms with van der Waals surface area (Å²) < 4.78 is 0. The van der Waals surface area contributed by atoms with Crippen molar-refractivity contribution in [3.8, 4) is 0 Å². The summed E-state index contributed by atoms with van der Waals surface area (Å²) in [6, 6.07) is 7.26. The number of pyridine rings is 1. The Morgan fingerprint density at radius 1 is 1.11 bits per heavy atom. The first-order valence-corrected chi connectivity index (χ1v) is 6.19. The van der Waals surface area contributed by atoms with Crippen molar-refractivity contribution in [1.29, 1.82) is 0 Å². The van der Waals surface area contributed by atoms with Crippen LogP contribution in [-0.4, -0.2) is 4.98 Å². The van der Waals surface area contributed by atoms with E-state index in [2.05, 4.69) is 10.3 Å². The number of nitrogens with zero attached hydrogens (tertiary/aromatic N) is 1. The third kappa shape index (κ3) is 2.52. The molecule has 2 rings (SSSR count). The van der Waals surface area contributed by atoms with Crippen LogP contribution in [0.2, 0.25) is 10.0 Å². The first kappa shape index (κ1) is 13.0. The van der Waals surface area contributed by atoms with Crippen LogP contribution in [-0.2, 0) is 0 Å². The molecule has 0 radical (unpaired) electrons. The number of halogens is 2. The van der Waals surface area contributed by atoms with Gasteiger partial charge < -0.3 is 11.1 Å². The predicted molar refractivity (Wildman–Crippen MR) is 77.9 cm³/mol. The Kier molecular flexibility index (Phi) is 3.64. The Labute approximate surface area is 116 Å². The Balaban J connectivity index is 2.39. The average Bonchev–Trinajstić information content (AvgIpc) is 2.34. The summed E-state index contributed by atoms with van der Waals surface area (Å²) in [5, 5.41) is 4.27. The summed E-state index contributed by atoms with van der Waals surface area (Å²) in [6.45, 7) is 3.77. The van der Waals surface area contributed by atoms with Crippen molar-refractivity contribution in [2.45, 2.75) is 13.8 Å². The third-order valence-corrected chi connectivity index (χ3v) is 3.47. The molecule has 0 unspecified atom stereocenters. The second kappa shape index (κ2) is 5.04. The van der Waals surface area contributed by atoms with Gasteiger partial charge in [-0.1, -0.05) is 29.3 Å². The quantitative estimate of drug-likeness (QED) is 0.861. The second-order valence-corrected chi connectivity index (χ2v) is 4.83. The Bertz CT molecular complexity index is 597. The van der Waals surface area contributed by atoms with Gasteiger partial charge >= 0.3 is 0 Å². The van der Waals surface area contributed by atoms with Gasteiger partial charge in [0.05, 0.1) is 27.1 Å². The van der Waals surface area contributed by atoms with Crippen molar-refractivity contribution in [2.75, 3.05) is 11.1 Å². The monoisotopic (exact) mass is 281 g/mol. The van der Waals surface area contributed by atoms with Crippen LogP contribution in [0.3, 0.4) is 0 Å². The molecule has 0 aliphatic rings. The molecular weight excluding hydrogens is 269 g/mol. The van der Waals surface area contributed by atoms with E-state index in [0.29, 0.717) is 27.2 Å². The van der Waals surface area contributed by atoms with Gasteiger partial charge in [-0.05, 0) is 37.6 Å². The number of benzene rings is 1. The number of anilines is 3. The van der Waals surface area contributed by atoms with Crippen LogP contribution >= 0.6 is 23.2 Å². The number of aryl methyl sites for hydroxylation is 2. The molecule has 3 N–H and O–H groups in total. The lowest BCUT2D eigenvalue weighted by Gasteiger charge is -2.12. The van der Waals surface area contributed by atoms with Gasteiger partial charge in [-0.25, -0.2) is 4.98 Å². The van der Waals surface area contributed by atoms with Crippen molar-refractivity contribution in [3.05, 3.63) is 45.6 Å². The van der Waals surface area contributed by atoms with Gasteiger partial charge in [-0.2, -0.15) is 0 Å². The molecule has 5 heteroatoms. The first-order chi connectivity index (χ1) is 8.49. The molecule has 1 aromatic heterocycles. The van der Waals surface area contributed by atoms with E-state index in [-0.39, 0.29) is 0 Å². The SMILES string of the molecule is Cc1ccc(Cl)c(Nc2ccc(N)c(C)n2)c1Cl. The number of hydrogen-bond acceptors (Lipinski definition) is 3. The fourth-order valence-corrected chi connectivity index (χ4v) is 2.01. The molecule has 0 atom stereocenters. The number of hydrogen-bond donors (Lipinski definition) is 2. The third-order valence-electron chi connectivity index (χ3n) is 2.66. The maximum absolute atomic E-state index is 6.22. The molecule has 1 aromatic carbocycles. The minimum absolute atomic E-state index is 0.557. The van der Waals surface area contributed by atoms with Crippen LogP contribution in [0.15, 0.2) is 24.3 Å². The summed E-state index contributed by atoms with van der Waals surface area (Å²) in [5.41, 5.74) is 8.76. The summed E-state index contributed by atoms with van der Waals surface area (Å²) in [7, 11) is 0. The lowest BCUT2D eigenvalue weighted by Crippen LogP contribution is -1.99. The molecule has 94 valence electrons. The van der Waals surface area contributed by atoms with E-state index < -0.39 is 0 Å². The topological polar surface area (TPSA) is 50.9 Å². The minimum atomic E-state index is 0.557. The normalized spacial score (nSPS) is 10.4. The Morgan fingerprint density at radius 3 is 2.50 bits per heavy atom. The van der Waals surface area contributed by atoms with Gasteiger partial charge in [-0.15, -0.1) is 0 Å². The van der Waals surface area contributed by atoms with Gasteiger partial charge in [0.25, 0.3) is 0 Å². The zero-order valence-corrected chi connectivity index (χ0v) is 11.6.